The van der Waals surface area contributed by atoms with Crippen molar-refractivity contribution in [3.8, 4) is 0 Å². The molecular formula is C16H29IN6OS. The first-order valence-corrected chi connectivity index (χ1v) is 9.77. The zero-order valence-electron chi connectivity index (χ0n) is 15.1. The molecule has 9 heteroatoms. The molecule has 142 valence electrons. The minimum absolute atomic E-state index is 0. The number of ether oxygens (including phenoxy) is 1. The van der Waals surface area contributed by atoms with Crippen LogP contribution in [0.25, 0.3) is 0 Å². The van der Waals surface area contributed by atoms with E-state index in [-0.39, 0.29) is 30.1 Å². The Bertz CT molecular complexity index is 548. The van der Waals surface area contributed by atoms with Crippen molar-refractivity contribution in [1.82, 2.24) is 24.9 Å². The van der Waals surface area contributed by atoms with Gasteiger partial charge in [-0.1, -0.05) is 0 Å². The van der Waals surface area contributed by atoms with Gasteiger partial charge in [-0.2, -0.15) is 16.9 Å². The standard InChI is InChI=1S/C16H28N6OS.HI/c1-17-16(18-3-4-21-6-9-24-10-7-21)22-5-8-23-15(13-22)14-11-19-20(2)12-14;/h11-12,15H,3-10,13H2,1-2H3,(H,17,18);1H. The molecule has 7 nitrogen and oxygen atoms in total. The number of guanidine groups is 1. The summed E-state index contributed by atoms with van der Waals surface area (Å²) in [7, 11) is 3.79. The highest BCUT2D eigenvalue weighted by Gasteiger charge is 2.25. The summed E-state index contributed by atoms with van der Waals surface area (Å²) in [5.41, 5.74) is 1.13. The number of rotatable bonds is 4. The normalized spacial score (nSPS) is 22.6. The Kier molecular flexibility index (Phi) is 8.80. The van der Waals surface area contributed by atoms with Crippen molar-refractivity contribution in [2.24, 2.45) is 12.0 Å². The number of thioether (sulfide) groups is 1. The number of hydrogen-bond donors (Lipinski definition) is 1. The Morgan fingerprint density at radius 2 is 2.20 bits per heavy atom. The Morgan fingerprint density at radius 1 is 1.40 bits per heavy atom. The van der Waals surface area contributed by atoms with Gasteiger partial charge in [-0.3, -0.25) is 14.6 Å². The maximum Gasteiger partial charge on any atom is 0.193 e. The predicted molar refractivity (Wildman–Crippen MR) is 114 cm³/mol. The van der Waals surface area contributed by atoms with Crippen molar-refractivity contribution in [3.63, 3.8) is 0 Å². The quantitative estimate of drug-likeness (QED) is 0.395. The van der Waals surface area contributed by atoms with Crippen molar-refractivity contribution in [2.45, 2.75) is 6.10 Å². The molecule has 2 aliphatic heterocycles. The van der Waals surface area contributed by atoms with Crippen molar-refractivity contribution in [1.29, 1.82) is 0 Å². The molecule has 1 N–H and O–H groups in total. The van der Waals surface area contributed by atoms with Crippen LogP contribution in [0.5, 0.6) is 0 Å². The maximum absolute atomic E-state index is 5.91. The van der Waals surface area contributed by atoms with E-state index in [2.05, 4.69) is 37.0 Å². The Balaban J connectivity index is 0.00000225. The van der Waals surface area contributed by atoms with Crippen LogP contribution in [0.3, 0.4) is 0 Å². The molecule has 3 rings (SSSR count). The number of nitrogens with zero attached hydrogens (tertiary/aromatic N) is 5. The molecule has 0 aromatic carbocycles. The van der Waals surface area contributed by atoms with E-state index in [0.29, 0.717) is 6.61 Å². The van der Waals surface area contributed by atoms with Crippen LogP contribution in [-0.4, -0.2) is 90.0 Å². The summed E-state index contributed by atoms with van der Waals surface area (Å²) in [6.45, 7) is 6.81. The van der Waals surface area contributed by atoms with Crippen LogP contribution >= 0.6 is 35.7 Å². The SMILES string of the molecule is CN=C(NCCN1CCSCC1)N1CCOC(c2cnn(C)c2)C1.I. The molecule has 0 radical (unpaired) electrons. The smallest absolute Gasteiger partial charge is 0.193 e. The highest BCUT2D eigenvalue weighted by Crippen LogP contribution is 2.21. The minimum atomic E-state index is 0. The topological polar surface area (TPSA) is 57.9 Å². The first-order chi connectivity index (χ1) is 11.8. The summed E-state index contributed by atoms with van der Waals surface area (Å²) in [5, 5.41) is 7.76. The number of aliphatic imine (C=N–C) groups is 1. The lowest BCUT2D eigenvalue weighted by molar-refractivity contribution is -0.00804. The average molecular weight is 480 g/mol. The molecule has 0 saturated carbocycles. The molecule has 0 amide bonds. The second-order valence-electron chi connectivity index (χ2n) is 6.18. The van der Waals surface area contributed by atoms with Gasteiger partial charge < -0.3 is 15.0 Å². The number of nitrogens with one attached hydrogen (secondary N) is 1. The van der Waals surface area contributed by atoms with Gasteiger partial charge >= 0.3 is 0 Å². The summed E-state index contributed by atoms with van der Waals surface area (Å²) >= 11 is 2.05. The van der Waals surface area contributed by atoms with Crippen LogP contribution in [-0.2, 0) is 11.8 Å². The van der Waals surface area contributed by atoms with Gasteiger partial charge in [-0.05, 0) is 0 Å². The third kappa shape index (κ3) is 6.00. The number of hydrogen-bond acceptors (Lipinski definition) is 5. The molecule has 1 unspecified atom stereocenters. The monoisotopic (exact) mass is 480 g/mol. The summed E-state index contributed by atoms with van der Waals surface area (Å²) in [4.78, 5) is 9.27. The van der Waals surface area contributed by atoms with E-state index in [1.807, 2.05) is 31.2 Å². The molecule has 0 aliphatic carbocycles. The molecule has 3 heterocycles. The zero-order chi connectivity index (χ0) is 16.8. The van der Waals surface area contributed by atoms with Crippen molar-refractivity contribution >= 4 is 41.7 Å². The van der Waals surface area contributed by atoms with E-state index in [4.69, 9.17) is 4.74 Å². The van der Waals surface area contributed by atoms with Gasteiger partial charge in [-0.15, -0.1) is 24.0 Å². The third-order valence-electron chi connectivity index (χ3n) is 4.49. The van der Waals surface area contributed by atoms with E-state index in [9.17, 15) is 0 Å². The van der Waals surface area contributed by atoms with E-state index in [0.717, 1.165) is 37.7 Å². The van der Waals surface area contributed by atoms with Gasteiger partial charge in [-0.25, -0.2) is 0 Å². The molecule has 1 atom stereocenters. The number of aromatic nitrogens is 2. The lowest BCUT2D eigenvalue weighted by atomic mass is 10.1. The van der Waals surface area contributed by atoms with Gasteiger partial charge in [0.25, 0.3) is 0 Å². The molecule has 25 heavy (non-hydrogen) atoms. The van der Waals surface area contributed by atoms with Gasteiger partial charge in [0, 0.05) is 70.1 Å². The third-order valence-corrected chi connectivity index (χ3v) is 5.43. The van der Waals surface area contributed by atoms with E-state index < -0.39 is 0 Å². The number of morpholine rings is 1. The summed E-state index contributed by atoms with van der Waals surface area (Å²) in [6, 6.07) is 0. The second-order valence-corrected chi connectivity index (χ2v) is 7.41. The van der Waals surface area contributed by atoms with Gasteiger partial charge in [0.2, 0.25) is 0 Å². The van der Waals surface area contributed by atoms with Crippen LogP contribution in [0.15, 0.2) is 17.4 Å². The van der Waals surface area contributed by atoms with Crippen molar-refractivity contribution in [2.75, 3.05) is 64.4 Å². The number of aryl methyl sites for hydroxylation is 1. The summed E-state index contributed by atoms with van der Waals surface area (Å²) in [6.07, 6.45) is 3.97. The van der Waals surface area contributed by atoms with Gasteiger partial charge in [0.05, 0.1) is 19.3 Å². The van der Waals surface area contributed by atoms with Crippen LogP contribution < -0.4 is 5.32 Å². The fraction of sp³-hybridized carbons (Fsp3) is 0.750. The fourth-order valence-corrected chi connectivity index (χ4v) is 4.11. The Morgan fingerprint density at radius 3 is 2.88 bits per heavy atom. The second kappa shape index (κ2) is 10.6. The van der Waals surface area contributed by atoms with E-state index in [1.54, 1.807) is 0 Å². The highest BCUT2D eigenvalue weighted by molar-refractivity contribution is 14.0. The van der Waals surface area contributed by atoms with Crippen LogP contribution in [0.4, 0.5) is 0 Å². The van der Waals surface area contributed by atoms with Gasteiger partial charge in [0.15, 0.2) is 5.96 Å². The van der Waals surface area contributed by atoms with Crippen molar-refractivity contribution < 1.29 is 4.74 Å². The van der Waals surface area contributed by atoms with E-state index >= 15 is 0 Å². The minimum Gasteiger partial charge on any atom is -0.370 e. The Hall–Kier alpha value is -0.520. The average Bonchev–Trinajstić information content (AvgIpc) is 3.06. The zero-order valence-corrected chi connectivity index (χ0v) is 18.2. The van der Waals surface area contributed by atoms with Gasteiger partial charge in [0.1, 0.15) is 6.10 Å². The van der Waals surface area contributed by atoms with Crippen molar-refractivity contribution in [3.05, 3.63) is 18.0 Å². The molecule has 2 aliphatic rings. The predicted octanol–water partition coefficient (Wildman–Crippen LogP) is 1.04. The molecule has 1 aromatic rings. The van der Waals surface area contributed by atoms with Crippen LogP contribution in [0.2, 0.25) is 0 Å². The largest absolute Gasteiger partial charge is 0.370 e. The summed E-state index contributed by atoms with van der Waals surface area (Å²) < 4.78 is 7.73. The van der Waals surface area contributed by atoms with Crippen LogP contribution in [0, 0.1) is 0 Å². The van der Waals surface area contributed by atoms with Crippen LogP contribution in [0.1, 0.15) is 11.7 Å². The first kappa shape index (κ1) is 20.8. The number of halogens is 1. The Labute approximate surface area is 171 Å². The molecule has 1 aromatic heterocycles. The fourth-order valence-electron chi connectivity index (χ4n) is 3.13. The first-order valence-electron chi connectivity index (χ1n) is 8.62. The molecule has 0 bridgehead atoms. The molecule has 0 spiro atoms. The van der Waals surface area contributed by atoms with E-state index in [1.165, 1.54) is 24.6 Å². The molecule has 2 saturated heterocycles. The summed E-state index contributed by atoms with van der Waals surface area (Å²) in [5.74, 6) is 3.48. The highest BCUT2D eigenvalue weighted by atomic mass is 127. The maximum atomic E-state index is 5.91. The molecule has 2 fully saturated rings. The lowest BCUT2D eigenvalue weighted by Crippen LogP contribution is -2.49. The lowest BCUT2D eigenvalue weighted by Gasteiger charge is -2.35. The molecular weight excluding hydrogens is 451 g/mol.